The molecule has 1 aromatic heterocycles. The summed E-state index contributed by atoms with van der Waals surface area (Å²) in [5.41, 5.74) is -0.296. The fourth-order valence-electron chi connectivity index (χ4n) is 1.90. The van der Waals surface area contributed by atoms with E-state index in [4.69, 9.17) is 23.2 Å². The van der Waals surface area contributed by atoms with E-state index in [1.54, 1.807) is 0 Å². The van der Waals surface area contributed by atoms with Crippen LogP contribution in [0.3, 0.4) is 0 Å². The van der Waals surface area contributed by atoms with Gasteiger partial charge in [0.25, 0.3) is 0 Å². The molecule has 0 atom stereocenters. The van der Waals surface area contributed by atoms with Gasteiger partial charge >= 0.3 is 5.69 Å². The molecule has 2 rings (SSSR count). The molecule has 1 heterocycles. The Morgan fingerprint density at radius 3 is 2.78 bits per heavy atom. The lowest BCUT2D eigenvalue weighted by Crippen LogP contribution is -2.17. The van der Waals surface area contributed by atoms with Crippen LogP contribution in [0, 0.1) is 0 Å². The average molecular weight is 396 g/mol. The first-order valence-electron chi connectivity index (χ1n) is 6.81. The third-order valence-corrected chi connectivity index (χ3v) is 6.64. The smallest absolute Gasteiger partial charge is 0.270 e. The molecule has 0 unspecified atom stereocenters. The van der Waals surface area contributed by atoms with Gasteiger partial charge < -0.3 is 0 Å². The van der Waals surface area contributed by atoms with Crippen molar-refractivity contribution in [2.24, 2.45) is 0 Å². The minimum atomic E-state index is -3.56. The van der Waals surface area contributed by atoms with Crippen molar-refractivity contribution in [3.05, 3.63) is 38.7 Å². The molecule has 0 amide bonds. The Labute approximate surface area is 148 Å². The predicted octanol–water partition coefficient (Wildman–Crippen LogP) is 2.85. The molecule has 0 spiro atoms. The van der Waals surface area contributed by atoms with Gasteiger partial charge in [-0.05, 0) is 24.6 Å². The van der Waals surface area contributed by atoms with Crippen molar-refractivity contribution in [2.45, 2.75) is 29.9 Å². The number of hydrogen-bond acceptors (Lipinski definition) is 5. The molecule has 1 aromatic carbocycles. The first-order chi connectivity index (χ1) is 10.8. The van der Waals surface area contributed by atoms with Gasteiger partial charge in [0.2, 0.25) is 0 Å². The van der Waals surface area contributed by atoms with Crippen LogP contribution in [0.5, 0.6) is 0 Å². The molecule has 0 aliphatic carbocycles. The highest BCUT2D eigenvalue weighted by atomic mass is 35.5. The summed E-state index contributed by atoms with van der Waals surface area (Å²) in [5, 5.41) is 7.20. The van der Waals surface area contributed by atoms with Gasteiger partial charge in [-0.25, -0.2) is 18.3 Å². The zero-order valence-electron chi connectivity index (χ0n) is 12.3. The maximum absolute atomic E-state index is 12.4. The summed E-state index contributed by atoms with van der Waals surface area (Å²) < 4.78 is 26.2. The zero-order valence-corrected chi connectivity index (χ0v) is 15.4. The van der Waals surface area contributed by atoms with E-state index in [1.165, 1.54) is 34.5 Å². The maximum Gasteiger partial charge on any atom is 0.343 e. The summed E-state index contributed by atoms with van der Waals surface area (Å²) >= 11 is 13.0. The molecule has 0 saturated carbocycles. The van der Waals surface area contributed by atoms with Gasteiger partial charge in [-0.1, -0.05) is 41.9 Å². The molecule has 6 nitrogen and oxygen atoms in total. The number of aromatic nitrogens is 3. The second kappa shape index (κ2) is 7.74. The Hall–Kier alpha value is -0.960. The van der Waals surface area contributed by atoms with Gasteiger partial charge in [-0.2, -0.15) is 0 Å². The molecular formula is C13H15Cl2N3O3S2. The van der Waals surface area contributed by atoms with Gasteiger partial charge in [-0.3, -0.25) is 4.57 Å². The van der Waals surface area contributed by atoms with Crippen molar-refractivity contribution in [3.63, 3.8) is 0 Å². The minimum Gasteiger partial charge on any atom is -0.270 e. The molecule has 1 N–H and O–H groups in total. The number of benzene rings is 1. The van der Waals surface area contributed by atoms with Crippen LogP contribution < -0.4 is 5.69 Å². The summed E-state index contributed by atoms with van der Waals surface area (Å²) in [6.07, 6.45) is 0.781. The van der Waals surface area contributed by atoms with Crippen LogP contribution in [-0.2, 0) is 16.4 Å². The summed E-state index contributed by atoms with van der Waals surface area (Å²) in [6.45, 7) is 2.48. The second-order valence-electron chi connectivity index (χ2n) is 4.71. The lowest BCUT2D eigenvalue weighted by Gasteiger charge is -2.07. The highest BCUT2D eigenvalue weighted by Gasteiger charge is 2.19. The topological polar surface area (TPSA) is 84.8 Å². The van der Waals surface area contributed by atoms with E-state index in [-0.39, 0.29) is 27.1 Å². The van der Waals surface area contributed by atoms with Crippen molar-refractivity contribution in [2.75, 3.05) is 11.5 Å². The number of nitrogens with zero attached hydrogens (tertiary/aromatic N) is 2. The Balaban J connectivity index is 2.09. The molecule has 126 valence electrons. The first kappa shape index (κ1) is 18.4. The summed E-state index contributed by atoms with van der Waals surface area (Å²) in [4.78, 5) is 11.6. The largest absolute Gasteiger partial charge is 0.343 e. The number of aromatic amines is 1. The van der Waals surface area contributed by atoms with Crippen molar-refractivity contribution in [1.82, 2.24) is 14.8 Å². The van der Waals surface area contributed by atoms with Crippen LogP contribution in [0.25, 0.3) is 0 Å². The lowest BCUT2D eigenvalue weighted by molar-refractivity contribution is 0.597. The van der Waals surface area contributed by atoms with E-state index in [0.717, 1.165) is 6.42 Å². The third kappa shape index (κ3) is 4.53. The van der Waals surface area contributed by atoms with E-state index in [1.807, 2.05) is 6.92 Å². The summed E-state index contributed by atoms with van der Waals surface area (Å²) in [5.74, 6) is 0.115. The van der Waals surface area contributed by atoms with Gasteiger partial charge in [0.05, 0.1) is 15.7 Å². The van der Waals surface area contributed by atoms with Crippen LogP contribution in [0.15, 0.2) is 33.0 Å². The van der Waals surface area contributed by atoms with Crippen LogP contribution in [0.1, 0.15) is 13.3 Å². The zero-order chi connectivity index (χ0) is 17.0. The fraction of sp³-hybridized carbons (Fsp3) is 0.385. The third-order valence-electron chi connectivity index (χ3n) is 2.98. The van der Waals surface area contributed by atoms with E-state index >= 15 is 0 Å². The summed E-state index contributed by atoms with van der Waals surface area (Å²) in [6, 6.07) is 4.33. The number of halogens is 2. The predicted molar refractivity (Wildman–Crippen MR) is 92.4 cm³/mol. The van der Waals surface area contributed by atoms with E-state index in [0.29, 0.717) is 16.7 Å². The van der Waals surface area contributed by atoms with Crippen LogP contribution in [-0.4, -0.2) is 34.7 Å². The monoisotopic (exact) mass is 395 g/mol. The molecule has 23 heavy (non-hydrogen) atoms. The van der Waals surface area contributed by atoms with Gasteiger partial charge in [0.15, 0.2) is 15.0 Å². The number of sulfone groups is 1. The molecule has 0 bridgehead atoms. The van der Waals surface area contributed by atoms with Crippen molar-refractivity contribution < 1.29 is 8.42 Å². The highest BCUT2D eigenvalue weighted by molar-refractivity contribution is 8.00. The Morgan fingerprint density at radius 2 is 2.09 bits per heavy atom. The minimum absolute atomic E-state index is 0.0141. The number of nitrogens with one attached hydrogen (secondary N) is 1. The summed E-state index contributed by atoms with van der Waals surface area (Å²) in [7, 11) is -3.56. The molecule has 0 fully saturated rings. The maximum atomic E-state index is 12.4. The van der Waals surface area contributed by atoms with Crippen LogP contribution in [0.2, 0.25) is 10.0 Å². The van der Waals surface area contributed by atoms with Crippen molar-refractivity contribution in [3.8, 4) is 0 Å². The van der Waals surface area contributed by atoms with Crippen molar-refractivity contribution in [1.29, 1.82) is 0 Å². The molecular weight excluding hydrogens is 381 g/mol. The molecule has 2 aromatic rings. The standard InChI is InChI=1S/C13H15Cl2N3O3S2/c1-2-5-18-12(19)16-17-13(18)22-6-7-23(20,21)11-8-9(14)3-4-10(11)15/h3-4,8H,2,5-7H2,1H3,(H,16,19). The van der Waals surface area contributed by atoms with Gasteiger partial charge in [0.1, 0.15) is 0 Å². The van der Waals surface area contributed by atoms with Crippen LogP contribution in [0.4, 0.5) is 0 Å². The molecule has 0 radical (unpaired) electrons. The Morgan fingerprint density at radius 1 is 1.35 bits per heavy atom. The Bertz CT molecular complexity index is 846. The average Bonchev–Trinajstić information content (AvgIpc) is 2.83. The van der Waals surface area contributed by atoms with Crippen LogP contribution >= 0.6 is 35.0 Å². The second-order valence-corrected chi connectivity index (χ2v) is 8.69. The molecule has 0 aliphatic heterocycles. The lowest BCUT2D eigenvalue weighted by atomic mass is 10.4. The Kier molecular flexibility index (Phi) is 6.19. The molecule has 10 heteroatoms. The number of thioether (sulfide) groups is 1. The van der Waals surface area contributed by atoms with Gasteiger partial charge in [0, 0.05) is 17.3 Å². The number of H-pyrrole nitrogens is 1. The van der Waals surface area contributed by atoms with E-state index < -0.39 is 9.84 Å². The van der Waals surface area contributed by atoms with E-state index in [2.05, 4.69) is 10.2 Å². The van der Waals surface area contributed by atoms with Gasteiger partial charge in [-0.15, -0.1) is 5.10 Å². The fourth-order valence-corrected chi connectivity index (χ4v) is 5.33. The highest BCUT2D eigenvalue weighted by Crippen LogP contribution is 2.26. The quantitative estimate of drug-likeness (QED) is 0.728. The SMILES string of the molecule is CCCn1c(SCCS(=O)(=O)c2cc(Cl)ccc2Cl)n[nH]c1=O. The normalized spacial score (nSPS) is 11.8. The molecule has 0 saturated heterocycles. The number of rotatable bonds is 7. The molecule has 0 aliphatic rings. The number of hydrogen-bond donors (Lipinski definition) is 1. The van der Waals surface area contributed by atoms with Crippen molar-refractivity contribution >= 4 is 44.8 Å². The first-order valence-corrected chi connectivity index (χ1v) is 10.2. The van der Waals surface area contributed by atoms with E-state index in [9.17, 15) is 13.2 Å².